The highest BCUT2D eigenvalue weighted by Gasteiger charge is 2.17. The quantitative estimate of drug-likeness (QED) is 0.398. The molecule has 0 aliphatic rings. The molecule has 0 saturated carbocycles. The van der Waals surface area contributed by atoms with Crippen LogP contribution >= 0.6 is 15.9 Å². The Bertz CT molecular complexity index is 884. The molecule has 2 N–H and O–H groups in total. The van der Waals surface area contributed by atoms with Crippen LogP contribution in [0.4, 0.5) is 5.69 Å². The molecule has 0 saturated heterocycles. The first-order valence-corrected chi connectivity index (χ1v) is 9.35. The Kier molecular flexibility index (Phi) is 6.23. The van der Waals surface area contributed by atoms with E-state index in [2.05, 4.69) is 26.0 Å². The fourth-order valence-electron chi connectivity index (χ4n) is 1.91. The number of carbonyl (C=O) groups is 1. The van der Waals surface area contributed by atoms with Gasteiger partial charge in [0, 0.05) is 35.3 Å². The van der Waals surface area contributed by atoms with Crippen LogP contribution in [0.2, 0.25) is 0 Å². The molecule has 0 aliphatic carbocycles. The minimum Gasteiger partial charge on any atom is -0.351 e. The van der Waals surface area contributed by atoms with Gasteiger partial charge in [-0.05, 0) is 30.3 Å². The van der Waals surface area contributed by atoms with Crippen molar-refractivity contribution < 1.29 is 18.1 Å². The van der Waals surface area contributed by atoms with Crippen molar-refractivity contribution in [1.82, 2.24) is 10.0 Å². The summed E-state index contributed by atoms with van der Waals surface area (Å²) in [6.45, 7) is 0.0242. The zero-order valence-electron chi connectivity index (χ0n) is 12.8. The number of non-ortho nitro benzene ring substituents is 1. The van der Waals surface area contributed by atoms with E-state index >= 15 is 0 Å². The summed E-state index contributed by atoms with van der Waals surface area (Å²) in [6, 6.07) is 11.4. The fraction of sp³-hybridized carbons (Fsp3) is 0.133. The number of carbonyl (C=O) groups excluding carboxylic acids is 1. The van der Waals surface area contributed by atoms with Crippen LogP contribution in [-0.4, -0.2) is 32.3 Å². The van der Waals surface area contributed by atoms with Gasteiger partial charge in [0.05, 0.1) is 9.82 Å². The lowest BCUT2D eigenvalue weighted by atomic mass is 10.2. The van der Waals surface area contributed by atoms with Gasteiger partial charge < -0.3 is 5.32 Å². The molecule has 10 heteroatoms. The molecule has 0 heterocycles. The van der Waals surface area contributed by atoms with Crippen molar-refractivity contribution in [2.75, 3.05) is 13.1 Å². The Morgan fingerprint density at radius 1 is 1.12 bits per heavy atom. The predicted octanol–water partition coefficient (Wildman–Crippen LogP) is 2.07. The molecule has 0 aromatic heterocycles. The molecular weight excluding hydrogens is 414 g/mol. The highest BCUT2D eigenvalue weighted by Crippen LogP contribution is 2.16. The minimum atomic E-state index is -3.90. The molecule has 0 atom stereocenters. The van der Waals surface area contributed by atoms with Gasteiger partial charge in [-0.1, -0.05) is 22.0 Å². The molecule has 0 bridgehead atoms. The Hall–Kier alpha value is -2.30. The summed E-state index contributed by atoms with van der Waals surface area (Å²) in [4.78, 5) is 21.7. The zero-order valence-corrected chi connectivity index (χ0v) is 15.2. The number of nitro groups is 1. The van der Waals surface area contributed by atoms with Crippen molar-refractivity contribution in [3.63, 3.8) is 0 Å². The summed E-state index contributed by atoms with van der Waals surface area (Å²) in [7, 11) is -3.90. The number of nitrogens with zero attached hydrogens (tertiary/aromatic N) is 1. The van der Waals surface area contributed by atoms with Crippen LogP contribution in [0.25, 0.3) is 0 Å². The molecule has 0 radical (unpaired) electrons. The average Bonchev–Trinajstić information content (AvgIpc) is 2.59. The molecule has 0 unspecified atom stereocenters. The van der Waals surface area contributed by atoms with Crippen molar-refractivity contribution in [1.29, 1.82) is 0 Å². The van der Waals surface area contributed by atoms with E-state index in [0.717, 1.165) is 10.5 Å². The second-order valence-electron chi connectivity index (χ2n) is 4.92. The minimum absolute atomic E-state index is 0.0483. The number of hydrogen-bond donors (Lipinski definition) is 2. The first-order valence-electron chi connectivity index (χ1n) is 7.07. The third-order valence-corrected chi connectivity index (χ3v) is 5.14. The number of benzene rings is 2. The number of halogens is 1. The number of sulfonamides is 1. The number of nitrogens with one attached hydrogen (secondary N) is 2. The van der Waals surface area contributed by atoms with Crippen molar-refractivity contribution in [3.05, 3.63) is 68.7 Å². The lowest BCUT2D eigenvalue weighted by Crippen LogP contribution is -2.34. The largest absolute Gasteiger partial charge is 0.351 e. The molecule has 1 amide bonds. The van der Waals surface area contributed by atoms with E-state index in [-0.39, 0.29) is 29.6 Å². The molecule has 25 heavy (non-hydrogen) atoms. The Morgan fingerprint density at radius 3 is 2.44 bits per heavy atom. The smallest absolute Gasteiger partial charge is 0.270 e. The lowest BCUT2D eigenvalue weighted by Gasteiger charge is -2.08. The molecule has 132 valence electrons. The van der Waals surface area contributed by atoms with Gasteiger partial charge in [0.25, 0.3) is 11.6 Å². The van der Waals surface area contributed by atoms with Gasteiger partial charge in [0.1, 0.15) is 0 Å². The van der Waals surface area contributed by atoms with E-state index in [1.165, 1.54) is 18.2 Å². The van der Waals surface area contributed by atoms with Gasteiger partial charge in [-0.15, -0.1) is 0 Å². The van der Waals surface area contributed by atoms with Gasteiger partial charge in [0.2, 0.25) is 10.0 Å². The average molecular weight is 428 g/mol. The topological polar surface area (TPSA) is 118 Å². The standard InChI is InChI=1S/C15H14BrN3O5S/c16-12-6-4-11(5-7-12)15(20)17-8-9-18-25(23,24)14-3-1-2-13(10-14)19(21)22/h1-7,10,18H,8-9H2,(H,17,20). The molecule has 8 nitrogen and oxygen atoms in total. The van der Waals surface area contributed by atoms with Crippen molar-refractivity contribution in [2.45, 2.75) is 4.90 Å². The van der Waals surface area contributed by atoms with E-state index in [9.17, 15) is 23.3 Å². The van der Waals surface area contributed by atoms with Crippen molar-refractivity contribution in [3.8, 4) is 0 Å². The van der Waals surface area contributed by atoms with Gasteiger partial charge in [-0.2, -0.15) is 0 Å². The maximum absolute atomic E-state index is 12.1. The second kappa shape index (κ2) is 8.19. The van der Waals surface area contributed by atoms with Crippen molar-refractivity contribution in [2.24, 2.45) is 0 Å². The van der Waals surface area contributed by atoms with Crippen LogP contribution in [0.15, 0.2) is 57.9 Å². The SMILES string of the molecule is O=C(NCCNS(=O)(=O)c1cccc([N+](=O)[O-])c1)c1ccc(Br)cc1. The van der Waals surface area contributed by atoms with Gasteiger partial charge in [-0.25, -0.2) is 13.1 Å². The Morgan fingerprint density at radius 2 is 1.80 bits per heavy atom. The first-order chi connectivity index (χ1) is 11.8. The maximum atomic E-state index is 12.1. The zero-order chi connectivity index (χ0) is 18.4. The molecule has 0 aliphatic heterocycles. The van der Waals surface area contributed by atoms with Crippen molar-refractivity contribution >= 4 is 37.5 Å². The van der Waals surface area contributed by atoms with Crippen LogP contribution in [0.1, 0.15) is 10.4 Å². The molecular formula is C15H14BrN3O5S. The molecule has 0 spiro atoms. The van der Waals surface area contributed by atoms with Crippen LogP contribution in [0, 0.1) is 10.1 Å². The summed E-state index contributed by atoms with van der Waals surface area (Å²) < 4.78 is 27.3. The molecule has 2 rings (SSSR count). The van der Waals surface area contributed by atoms with Crippen LogP contribution in [-0.2, 0) is 10.0 Å². The summed E-state index contributed by atoms with van der Waals surface area (Å²) >= 11 is 3.27. The monoisotopic (exact) mass is 427 g/mol. The number of nitro benzene ring substituents is 1. The number of amides is 1. The fourth-order valence-corrected chi connectivity index (χ4v) is 3.25. The molecule has 2 aromatic rings. The molecule has 2 aromatic carbocycles. The second-order valence-corrected chi connectivity index (χ2v) is 7.60. The highest BCUT2D eigenvalue weighted by molar-refractivity contribution is 9.10. The van der Waals surface area contributed by atoms with Gasteiger partial charge >= 0.3 is 0 Å². The summed E-state index contributed by atoms with van der Waals surface area (Å²) in [5, 5.41) is 13.3. The normalized spacial score (nSPS) is 11.1. The van der Waals surface area contributed by atoms with Crippen LogP contribution in [0.5, 0.6) is 0 Å². The van der Waals surface area contributed by atoms with E-state index in [0.29, 0.717) is 5.56 Å². The molecule has 0 fully saturated rings. The Balaban J connectivity index is 1.90. The first kappa shape index (κ1) is 19.0. The third-order valence-electron chi connectivity index (χ3n) is 3.15. The Labute approximate surface area is 152 Å². The van der Waals surface area contributed by atoms with Gasteiger partial charge in [0.15, 0.2) is 0 Å². The van der Waals surface area contributed by atoms with E-state index < -0.39 is 14.9 Å². The maximum Gasteiger partial charge on any atom is 0.270 e. The number of rotatable bonds is 7. The van der Waals surface area contributed by atoms with E-state index in [4.69, 9.17) is 0 Å². The van der Waals surface area contributed by atoms with Crippen LogP contribution in [0.3, 0.4) is 0 Å². The summed E-state index contributed by atoms with van der Waals surface area (Å²) in [5.74, 6) is -0.331. The predicted molar refractivity (Wildman–Crippen MR) is 94.8 cm³/mol. The highest BCUT2D eigenvalue weighted by atomic mass is 79.9. The van der Waals surface area contributed by atoms with Crippen LogP contribution < -0.4 is 10.0 Å². The summed E-state index contributed by atoms with van der Waals surface area (Å²) in [5.41, 5.74) is 0.135. The van der Waals surface area contributed by atoms with Gasteiger partial charge in [-0.3, -0.25) is 14.9 Å². The number of hydrogen-bond acceptors (Lipinski definition) is 5. The van der Waals surface area contributed by atoms with E-state index in [1.54, 1.807) is 24.3 Å². The van der Waals surface area contributed by atoms with E-state index in [1.807, 2.05) is 0 Å². The summed E-state index contributed by atoms with van der Waals surface area (Å²) in [6.07, 6.45) is 0. The lowest BCUT2D eigenvalue weighted by molar-refractivity contribution is -0.385. The third kappa shape index (κ3) is 5.34.